The molecule has 3 nitrogen and oxygen atoms in total. The molecule has 106 valence electrons. The summed E-state index contributed by atoms with van der Waals surface area (Å²) in [4.78, 5) is 0. The van der Waals surface area contributed by atoms with Crippen LogP contribution in [0.5, 0.6) is 11.5 Å². The molecule has 1 aliphatic rings. The van der Waals surface area contributed by atoms with Crippen LogP contribution in [0.4, 0.5) is 13.2 Å². The van der Waals surface area contributed by atoms with Crippen LogP contribution in [0.15, 0.2) is 24.3 Å². The number of alkyl halides is 3. The van der Waals surface area contributed by atoms with Gasteiger partial charge in [0.15, 0.2) is 17.6 Å². The molecule has 0 aliphatic carbocycles. The lowest BCUT2D eigenvalue weighted by Crippen LogP contribution is -2.39. The smallest absolute Gasteiger partial charge is 0.389 e. The third-order valence-electron chi connectivity index (χ3n) is 2.92. The number of hydrogen-bond donors (Lipinski definition) is 1. The second-order valence-corrected chi connectivity index (χ2v) is 4.49. The normalized spacial score (nSPS) is 20.1. The summed E-state index contributed by atoms with van der Waals surface area (Å²) in [5.41, 5.74) is 0. The van der Waals surface area contributed by atoms with Gasteiger partial charge in [-0.25, -0.2) is 0 Å². The molecule has 0 bridgehead atoms. The lowest BCUT2D eigenvalue weighted by molar-refractivity contribution is -0.137. The Morgan fingerprint density at radius 1 is 1.26 bits per heavy atom. The third-order valence-corrected chi connectivity index (χ3v) is 2.92. The van der Waals surface area contributed by atoms with Crippen molar-refractivity contribution >= 4 is 0 Å². The predicted octanol–water partition coefficient (Wildman–Crippen LogP) is 2.92. The fourth-order valence-corrected chi connectivity index (χ4v) is 1.92. The summed E-state index contributed by atoms with van der Waals surface area (Å²) in [7, 11) is 0. The van der Waals surface area contributed by atoms with Crippen molar-refractivity contribution in [3.8, 4) is 11.5 Å². The molecule has 2 unspecified atom stereocenters. The molecule has 2 atom stereocenters. The molecule has 1 N–H and O–H groups in total. The number of benzene rings is 1. The van der Waals surface area contributed by atoms with Crippen molar-refractivity contribution in [3.63, 3.8) is 0 Å². The average molecular weight is 276 g/mol. The SMILES string of the molecule is OC(CCCC(F)(F)F)C1COc2ccccc2O1. The monoisotopic (exact) mass is 276 g/mol. The molecule has 0 saturated heterocycles. The van der Waals surface area contributed by atoms with Crippen LogP contribution in [0.1, 0.15) is 19.3 Å². The van der Waals surface area contributed by atoms with Gasteiger partial charge in [0.1, 0.15) is 6.61 Å². The molecule has 1 aromatic rings. The number of halogens is 3. The number of aliphatic hydroxyl groups excluding tert-OH is 1. The van der Waals surface area contributed by atoms with E-state index in [1.807, 2.05) is 0 Å². The van der Waals surface area contributed by atoms with Crippen molar-refractivity contribution < 1.29 is 27.8 Å². The largest absolute Gasteiger partial charge is 0.486 e. The van der Waals surface area contributed by atoms with Gasteiger partial charge < -0.3 is 14.6 Å². The zero-order valence-electron chi connectivity index (χ0n) is 10.2. The molecule has 1 aromatic carbocycles. The molecule has 0 aromatic heterocycles. The summed E-state index contributed by atoms with van der Waals surface area (Å²) in [5, 5.41) is 9.82. The first kappa shape index (κ1) is 14.0. The van der Waals surface area contributed by atoms with E-state index in [0.717, 1.165) is 0 Å². The Hall–Kier alpha value is -1.43. The van der Waals surface area contributed by atoms with Crippen LogP contribution < -0.4 is 9.47 Å². The van der Waals surface area contributed by atoms with E-state index in [1.54, 1.807) is 24.3 Å². The first-order chi connectivity index (χ1) is 8.96. The van der Waals surface area contributed by atoms with Crippen molar-refractivity contribution in [1.82, 2.24) is 0 Å². The summed E-state index contributed by atoms with van der Waals surface area (Å²) in [6.45, 7) is 0.143. The molecule has 19 heavy (non-hydrogen) atoms. The van der Waals surface area contributed by atoms with Gasteiger partial charge in [-0.05, 0) is 25.0 Å². The van der Waals surface area contributed by atoms with Gasteiger partial charge in [0.05, 0.1) is 6.10 Å². The molecule has 1 heterocycles. The summed E-state index contributed by atoms with van der Waals surface area (Å²) < 4.78 is 46.9. The van der Waals surface area contributed by atoms with Crippen LogP contribution in [0.25, 0.3) is 0 Å². The number of aliphatic hydroxyl groups is 1. The third kappa shape index (κ3) is 4.02. The van der Waals surface area contributed by atoms with Crippen molar-refractivity contribution in [3.05, 3.63) is 24.3 Å². The Morgan fingerprint density at radius 3 is 2.63 bits per heavy atom. The maximum atomic E-state index is 12.0. The highest BCUT2D eigenvalue weighted by Crippen LogP contribution is 2.32. The second kappa shape index (κ2) is 5.69. The minimum absolute atomic E-state index is 0.0374. The molecule has 0 spiro atoms. The van der Waals surface area contributed by atoms with Gasteiger partial charge in [-0.3, -0.25) is 0 Å². The van der Waals surface area contributed by atoms with E-state index in [2.05, 4.69) is 0 Å². The summed E-state index contributed by atoms with van der Waals surface area (Å²) in [5.74, 6) is 1.09. The number of fused-ring (bicyclic) bond motifs is 1. The first-order valence-electron chi connectivity index (χ1n) is 6.09. The maximum absolute atomic E-state index is 12.0. The minimum atomic E-state index is -4.18. The van der Waals surface area contributed by atoms with E-state index in [0.29, 0.717) is 11.5 Å². The van der Waals surface area contributed by atoms with Gasteiger partial charge in [0.2, 0.25) is 0 Å². The van der Waals surface area contributed by atoms with Gasteiger partial charge in [-0.2, -0.15) is 13.2 Å². The molecule has 2 rings (SSSR count). The Kier molecular flexibility index (Phi) is 4.19. The highest BCUT2D eigenvalue weighted by molar-refractivity contribution is 5.40. The van der Waals surface area contributed by atoms with Crippen LogP contribution in [-0.2, 0) is 0 Å². The summed E-state index contributed by atoms with van der Waals surface area (Å²) in [6, 6.07) is 6.99. The van der Waals surface area contributed by atoms with E-state index in [9.17, 15) is 18.3 Å². The highest BCUT2D eigenvalue weighted by atomic mass is 19.4. The number of hydrogen-bond acceptors (Lipinski definition) is 3. The van der Waals surface area contributed by atoms with Crippen LogP contribution in [0.2, 0.25) is 0 Å². The van der Waals surface area contributed by atoms with Gasteiger partial charge in [0.25, 0.3) is 0 Å². The van der Waals surface area contributed by atoms with Crippen molar-refractivity contribution in [2.75, 3.05) is 6.61 Å². The molecule has 0 saturated carbocycles. The molecule has 0 radical (unpaired) electrons. The van der Waals surface area contributed by atoms with Gasteiger partial charge in [-0.1, -0.05) is 12.1 Å². The van der Waals surface area contributed by atoms with E-state index >= 15 is 0 Å². The van der Waals surface area contributed by atoms with Gasteiger partial charge in [0, 0.05) is 6.42 Å². The second-order valence-electron chi connectivity index (χ2n) is 4.49. The molecular weight excluding hydrogens is 261 g/mol. The standard InChI is InChI=1S/C13H15F3O3/c14-13(15,16)7-3-4-9(17)12-8-18-10-5-1-2-6-11(10)19-12/h1-2,5-6,9,12,17H,3-4,7-8H2. The van der Waals surface area contributed by atoms with Gasteiger partial charge >= 0.3 is 6.18 Å². The number of ether oxygens (including phenoxy) is 2. The van der Waals surface area contributed by atoms with Crippen LogP contribution in [0, 0.1) is 0 Å². The Morgan fingerprint density at radius 2 is 1.95 bits per heavy atom. The topological polar surface area (TPSA) is 38.7 Å². The maximum Gasteiger partial charge on any atom is 0.389 e. The molecule has 1 aliphatic heterocycles. The average Bonchev–Trinajstić information content (AvgIpc) is 2.36. The van der Waals surface area contributed by atoms with Gasteiger partial charge in [-0.15, -0.1) is 0 Å². The summed E-state index contributed by atoms with van der Waals surface area (Å²) >= 11 is 0. The van der Waals surface area contributed by atoms with E-state index in [1.165, 1.54) is 0 Å². The fraction of sp³-hybridized carbons (Fsp3) is 0.538. The molecule has 6 heteroatoms. The Labute approximate surface area is 108 Å². The molecular formula is C13H15F3O3. The number of para-hydroxylation sites is 2. The number of rotatable bonds is 4. The zero-order valence-corrected chi connectivity index (χ0v) is 10.2. The highest BCUT2D eigenvalue weighted by Gasteiger charge is 2.30. The molecule has 0 fully saturated rings. The zero-order chi connectivity index (χ0) is 13.9. The van der Waals surface area contributed by atoms with Crippen molar-refractivity contribution in [2.24, 2.45) is 0 Å². The Balaban J connectivity index is 1.83. The lowest BCUT2D eigenvalue weighted by atomic mass is 10.1. The summed E-state index contributed by atoms with van der Waals surface area (Å²) in [6.07, 6.45) is -6.74. The minimum Gasteiger partial charge on any atom is -0.486 e. The van der Waals surface area contributed by atoms with Crippen molar-refractivity contribution in [2.45, 2.75) is 37.6 Å². The first-order valence-corrected chi connectivity index (χ1v) is 6.09. The van der Waals surface area contributed by atoms with Crippen LogP contribution in [-0.4, -0.2) is 30.1 Å². The lowest BCUT2D eigenvalue weighted by Gasteiger charge is -2.29. The van der Waals surface area contributed by atoms with E-state index in [-0.39, 0.29) is 19.4 Å². The predicted molar refractivity (Wildman–Crippen MR) is 62.3 cm³/mol. The van der Waals surface area contributed by atoms with E-state index in [4.69, 9.17) is 9.47 Å². The van der Waals surface area contributed by atoms with Crippen LogP contribution >= 0.6 is 0 Å². The fourth-order valence-electron chi connectivity index (χ4n) is 1.92. The van der Waals surface area contributed by atoms with Crippen LogP contribution in [0.3, 0.4) is 0 Å². The van der Waals surface area contributed by atoms with Crippen molar-refractivity contribution in [1.29, 1.82) is 0 Å². The van der Waals surface area contributed by atoms with E-state index < -0.39 is 24.8 Å². The Bertz CT molecular complexity index is 420. The quantitative estimate of drug-likeness (QED) is 0.919. The molecule has 0 amide bonds.